The van der Waals surface area contributed by atoms with Crippen LogP contribution in [0.1, 0.15) is 10.4 Å². The van der Waals surface area contributed by atoms with Crippen LogP contribution in [0.2, 0.25) is 0 Å². The standard InChI is InChI=1S/C21H19FN6O4/c22-16-3-1-2-4-17(16)26-9-11-27(12-10-26)20-18(28(31)32)19(23-13-24-20)25-15-7-5-14(6-8-15)21(29)30/h1-8,13H,9-12H2,(H,29,30)(H,23,24,25). The molecule has 3 aromatic rings. The molecule has 0 spiro atoms. The first-order chi connectivity index (χ1) is 15.4. The number of anilines is 4. The van der Waals surface area contributed by atoms with Gasteiger partial charge in [-0.25, -0.2) is 19.2 Å². The fraction of sp³-hybridized carbons (Fsp3) is 0.190. The minimum Gasteiger partial charge on any atom is -0.478 e. The molecule has 0 aliphatic carbocycles. The highest BCUT2D eigenvalue weighted by molar-refractivity contribution is 5.88. The average Bonchev–Trinajstić information content (AvgIpc) is 2.79. The largest absolute Gasteiger partial charge is 0.478 e. The Morgan fingerprint density at radius 2 is 1.69 bits per heavy atom. The first-order valence-electron chi connectivity index (χ1n) is 9.78. The van der Waals surface area contributed by atoms with Crippen LogP contribution in [-0.2, 0) is 0 Å². The van der Waals surface area contributed by atoms with Crippen molar-refractivity contribution in [1.82, 2.24) is 9.97 Å². The monoisotopic (exact) mass is 438 g/mol. The lowest BCUT2D eigenvalue weighted by atomic mass is 10.2. The highest BCUT2D eigenvalue weighted by Gasteiger charge is 2.30. The number of hydrogen-bond acceptors (Lipinski definition) is 8. The fourth-order valence-electron chi connectivity index (χ4n) is 3.56. The van der Waals surface area contributed by atoms with Gasteiger partial charge in [-0.05, 0) is 36.4 Å². The van der Waals surface area contributed by atoms with Crippen LogP contribution in [0.25, 0.3) is 0 Å². The summed E-state index contributed by atoms with van der Waals surface area (Å²) in [5.41, 5.74) is 0.763. The Morgan fingerprint density at radius 3 is 2.31 bits per heavy atom. The summed E-state index contributed by atoms with van der Waals surface area (Å²) in [6, 6.07) is 12.3. The van der Waals surface area contributed by atoms with Crippen LogP contribution in [0, 0.1) is 15.9 Å². The Labute approximate surface area is 182 Å². The number of aromatic carboxylic acids is 1. The first-order valence-corrected chi connectivity index (χ1v) is 9.78. The van der Waals surface area contributed by atoms with E-state index in [9.17, 15) is 19.3 Å². The maximum atomic E-state index is 14.1. The highest BCUT2D eigenvalue weighted by Crippen LogP contribution is 2.34. The van der Waals surface area contributed by atoms with Crippen LogP contribution in [0.15, 0.2) is 54.9 Å². The molecule has 0 radical (unpaired) electrons. The summed E-state index contributed by atoms with van der Waals surface area (Å²) < 4.78 is 14.1. The minimum absolute atomic E-state index is 0.000363. The summed E-state index contributed by atoms with van der Waals surface area (Å²) in [7, 11) is 0. The SMILES string of the molecule is O=C(O)c1ccc(Nc2ncnc(N3CCN(c4ccccc4F)CC3)c2[N+](=O)[O-])cc1. The number of nitrogens with one attached hydrogen (secondary N) is 1. The molecule has 0 atom stereocenters. The first kappa shape index (κ1) is 21.0. The van der Waals surface area contributed by atoms with Gasteiger partial charge in [-0.2, -0.15) is 0 Å². The third-order valence-electron chi connectivity index (χ3n) is 5.15. The van der Waals surface area contributed by atoms with E-state index in [-0.39, 0.29) is 28.7 Å². The molecule has 2 aromatic carbocycles. The molecule has 1 saturated heterocycles. The molecule has 164 valence electrons. The van der Waals surface area contributed by atoms with E-state index < -0.39 is 10.9 Å². The molecule has 0 unspecified atom stereocenters. The van der Waals surface area contributed by atoms with Crippen molar-refractivity contribution in [3.05, 3.63) is 76.4 Å². The van der Waals surface area contributed by atoms with E-state index >= 15 is 0 Å². The van der Waals surface area contributed by atoms with Crippen molar-refractivity contribution in [3.8, 4) is 0 Å². The van der Waals surface area contributed by atoms with Crippen LogP contribution < -0.4 is 15.1 Å². The van der Waals surface area contributed by atoms with Gasteiger partial charge in [-0.1, -0.05) is 12.1 Å². The predicted octanol–water partition coefficient (Wildman–Crippen LogP) is 3.29. The van der Waals surface area contributed by atoms with Gasteiger partial charge in [0.15, 0.2) is 0 Å². The van der Waals surface area contributed by atoms with E-state index in [0.29, 0.717) is 37.6 Å². The summed E-state index contributed by atoms with van der Waals surface area (Å²) in [4.78, 5) is 34.1. The molecule has 2 N–H and O–H groups in total. The Balaban J connectivity index is 1.55. The van der Waals surface area contributed by atoms with Crippen molar-refractivity contribution in [2.45, 2.75) is 0 Å². The van der Waals surface area contributed by atoms with E-state index in [1.807, 2.05) is 4.90 Å². The van der Waals surface area contributed by atoms with E-state index in [2.05, 4.69) is 15.3 Å². The number of aromatic nitrogens is 2. The van der Waals surface area contributed by atoms with Gasteiger partial charge in [0.2, 0.25) is 11.6 Å². The zero-order valence-electron chi connectivity index (χ0n) is 16.8. The highest BCUT2D eigenvalue weighted by atomic mass is 19.1. The van der Waals surface area contributed by atoms with Gasteiger partial charge >= 0.3 is 11.7 Å². The Hall–Kier alpha value is -4.28. The zero-order valence-corrected chi connectivity index (χ0v) is 16.8. The molecule has 0 amide bonds. The second kappa shape index (κ2) is 8.84. The third-order valence-corrected chi connectivity index (χ3v) is 5.15. The molecule has 1 fully saturated rings. The van der Waals surface area contributed by atoms with Crippen molar-refractivity contribution in [1.29, 1.82) is 0 Å². The van der Waals surface area contributed by atoms with E-state index in [4.69, 9.17) is 5.11 Å². The number of rotatable bonds is 6. The molecule has 4 rings (SSSR count). The quantitative estimate of drug-likeness (QED) is 0.440. The van der Waals surface area contributed by atoms with Gasteiger partial charge in [0.1, 0.15) is 12.1 Å². The van der Waals surface area contributed by atoms with E-state index in [1.54, 1.807) is 23.1 Å². The molecule has 32 heavy (non-hydrogen) atoms. The lowest BCUT2D eigenvalue weighted by molar-refractivity contribution is -0.383. The van der Waals surface area contributed by atoms with Crippen molar-refractivity contribution < 1.29 is 19.2 Å². The molecule has 0 saturated carbocycles. The third kappa shape index (κ3) is 4.26. The van der Waals surface area contributed by atoms with Crippen molar-refractivity contribution in [3.63, 3.8) is 0 Å². The Morgan fingerprint density at radius 1 is 1.03 bits per heavy atom. The maximum absolute atomic E-state index is 14.1. The number of nitrogens with zero attached hydrogens (tertiary/aromatic N) is 5. The number of halogens is 1. The lowest BCUT2D eigenvalue weighted by Crippen LogP contribution is -2.47. The number of carbonyl (C=O) groups is 1. The molecule has 1 aliphatic heterocycles. The molecule has 0 bridgehead atoms. The second-order valence-electron chi connectivity index (χ2n) is 7.08. The summed E-state index contributed by atoms with van der Waals surface area (Å²) in [6.07, 6.45) is 1.24. The summed E-state index contributed by atoms with van der Waals surface area (Å²) in [5.74, 6) is -1.21. The number of nitro groups is 1. The van der Waals surface area contributed by atoms with Crippen molar-refractivity contribution >= 4 is 34.7 Å². The van der Waals surface area contributed by atoms with Gasteiger partial charge < -0.3 is 20.2 Å². The molecule has 10 nitrogen and oxygen atoms in total. The molecular weight excluding hydrogens is 419 g/mol. The average molecular weight is 438 g/mol. The number of carboxylic acids is 1. The van der Waals surface area contributed by atoms with Crippen LogP contribution in [0.5, 0.6) is 0 Å². The Kier molecular flexibility index (Phi) is 5.79. The van der Waals surface area contributed by atoms with E-state index in [1.165, 1.54) is 36.7 Å². The lowest BCUT2D eigenvalue weighted by Gasteiger charge is -2.36. The molecule has 11 heteroatoms. The number of benzene rings is 2. The fourth-order valence-corrected chi connectivity index (χ4v) is 3.56. The van der Waals surface area contributed by atoms with Crippen molar-refractivity contribution in [2.24, 2.45) is 0 Å². The predicted molar refractivity (Wildman–Crippen MR) is 116 cm³/mol. The minimum atomic E-state index is -1.07. The van der Waals surface area contributed by atoms with Gasteiger partial charge in [0, 0.05) is 31.9 Å². The topological polar surface area (TPSA) is 125 Å². The number of piperazine rings is 1. The number of carboxylic acid groups (broad SMARTS) is 1. The van der Waals surface area contributed by atoms with Gasteiger partial charge in [0.25, 0.3) is 0 Å². The smallest absolute Gasteiger partial charge is 0.353 e. The molecule has 1 aliphatic rings. The number of para-hydroxylation sites is 1. The molecule has 2 heterocycles. The summed E-state index contributed by atoms with van der Waals surface area (Å²) in [5, 5.41) is 23.7. The van der Waals surface area contributed by atoms with Crippen LogP contribution >= 0.6 is 0 Å². The van der Waals surface area contributed by atoms with Gasteiger partial charge in [-0.3, -0.25) is 10.1 Å². The van der Waals surface area contributed by atoms with E-state index in [0.717, 1.165) is 0 Å². The Bertz CT molecular complexity index is 1150. The van der Waals surface area contributed by atoms with Crippen LogP contribution in [0.4, 0.5) is 33.1 Å². The summed E-state index contributed by atoms with van der Waals surface area (Å²) >= 11 is 0. The van der Waals surface area contributed by atoms with Gasteiger partial charge in [0.05, 0.1) is 16.2 Å². The zero-order chi connectivity index (χ0) is 22.7. The van der Waals surface area contributed by atoms with Crippen LogP contribution in [-0.4, -0.2) is 52.1 Å². The number of hydrogen-bond donors (Lipinski definition) is 2. The summed E-state index contributed by atoms with van der Waals surface area (Å²) in [6.45, 7) is 1.78. The van der Waals surface area contributed by atoms with Crippen molar-refractivity contribution in [2.75, 3.05) is 41.3 Å². The molecular formula is C21H19FN6O4. The molecule has 1 aromatic heterocycles. The van der Waals surface area contributed by atoms with Gasteiger partial charge in [-0.15, -0.1) is 0 Å². The maximum Gasteiger partial charge on any atom is 0.353 e. The normalized spacial score (nSPS) is 13.7. The second-order valence-corrected chi connectivity index (χ2v) is 7.08. The van der Waals surface area contributed by atoms with Crippen LogP contribution in [0.3, 0.4) is 0 Å².